The molecule has 0 spiro atoms. The highest BCUT2D eigenvalue weighted by Crippen LogP contribution is 2.32. The van der Waals surface area contributed by atoms with Crippen LogP contribution >= 0.6 is 0 Å². The highest BCUT2D eigenvalue weighted by atomic mass is 16.4. The Morgan fingerprint density at radius 2 is 1.93 bits per heavy atom. The van der Waals surface area contributed by atoms with E-state index in [9.17, 15) is 9.59 Å². The Labute approximate surface area is 89.0 Å². The standard InChI is InChI=1S/C11H17NO3/c13-10(5-7-1-2-7)12-9-4-3-8(6-9)11(14)15/h7-9H,1-6H2,(H,12,13)(H,14,15)/t8-,9+/m1/s1. The van der Waals surface area contributed by atoms with Gasteiger partial charge in [-0.1, -0.05) is 0 Å². The van der Waals surface area contributed by atoms with Crippen LogP contribution in [0.1, 0.15) is 38.5 Å². The molecule has 0 unspecified atom stereocenters. The van der Waals surface area contributed by atoms with Crippen LogP contribution in [0.25, 0.3) is 0 Å². The largest absolute Gasteiger partial charge is 0.481 e. The highest BCUT2D eigenvalue weighted by molar-refractivity contribution is 5.77. The SMILES string of the molecule is O=C(CC1CC1)N[C@H]1CC[C@@H](C(=O)O)C1. The molecule has 0 saturated heterocycles. The Hall–Kier alpha value is -1.06. The lowest BCUT2D eigenvalue weighted by Gasteiger charge is -2.11. The summed E-state index contributed by atoms with van der Waals surface area (Å²) in [7, 11) is 0. The molecule has 0 radical (unpaired) electrons. The van der Waals surface area contributed by atoms with Crippen molar-refractivity contribution >= 4 is 11.9 Å². The predicted octanol–water partition coefficient (Wildman–Crippen LogP) is 1.16. The molecule has 15 heavy (non-hydrogen) atoms. The van der Waals surface area contributed by atoms with Crippen molar-refractivity contribution in [3.63, 3.8) is 0 Å². The van der Waals surface area contributed by atoms with E-state index in [2.05, 4.69) is 5.32 Å². The molecule has 0 aromatic carbocycles. The van der Waals surface area contributed by atoms with Crippen LogP contribution in [0.3, 0.4) is 0 Å². The minimum atomic E-state index is -0.728. The van der Waals surface area contributed by atoms with Crippen molar-refractivity contribution in [2.75, 3.05) is 0 Å². The van der Waals surface area contributed by atoms with Crippen molar-refractivity contribution < 1.29 is 14.7 Å². The summed E-state index contributed by atoms with van der Waals surface area (Å²) in [5.41, 5.74) is 0. The minimum absolute atomic E-state index is 0.0948. The zero-order chi connectivity index (χ0) is 10.8. The Morgan fingerprint density at radius 3 is 2.47 bits per heavy atom. The molecule has 2 atom stereocenters. The van der Waals surface area contributed by atoms with E-state index < -0.39 is 5.97 Å². The maximum Gasteiger partial charge on any atom is 0.306 e. The van der Waals surface area contributed by atoms with Gasteiger partial charge in [0.1, 0.15) is 0 Å². The fourth-order valence-corrected chi connectivity index (χ4v) is 2.21. The van der Waals surface area contributed by atoms with Crippen molar-refractivity contribution in [3.05, 3.63) is 0 Å². The monoisotopic (exact) mass is 211 g/mol. The predicted molar refractivity (Wildman–Crippen MR) is 54.2 cm³/mol. The first-order valence-corrected chi connectivity index (χ1v) is 5.67. The number of carbonyl (C=O) groups excluding carboxylic acids is 1. The van der Waals surface area contributed by atoms with E-state index >= 15 is 0 Å². The Kier molecular flexibility index (Phi) is 2.93. The molecule has 0 bridgehead atoms. The van der Waals surface area contributed by atoms with Crippen molar-refractivity contribution in [2.45, 2.75) is 44.6 Å². The van der Waals surface area contributed by atoms with Crippen LogP contribution in [0, 0.1) is 11.8 Å². The molecule has 2 aliphatic carbocycles. The third-order valence-corrected chi connectivity index (χ3v) is 3.32. The van der Waals surface area contributed by atoms with Crippen LogP contribution in [-0.4, -0.2) is 23.0 Å². The average molecular weight is 211 g/mol. The van der Waals surface area contributed by atoms with Gasteiger partial charge in [0.05, 0.1) is 5.92 Å². The van der Waals surface area contributed by atoms with Gasteiger partial charge in [-0.05, 0) is 38.0 Å². The van der Waals surface area contributed by atoms with Crippen LogP contribution in [0.4, 0.5) is 0 Å². The summed E-state index contributed by atoms with van der Waals surface area (Å²) in [6, 6.07) is 0.0948. The fourth-order valence-electron chi connectivity index (χ4n) is 2.21. The first-order chi connectivity index (χ1) is 7.15. The number of rotatable bonds is 4. The van der Waals surface area contributed by atoms with E-state index in [1.807, 2.05) is 0 Å². The molecule has 2 fully saturated rings. The molecular weight excluding hydrogens is 194 g/mol. The normalized spacial score (nSPS) is 30.1. The molecule has 2 saturated carbocycles. The zero-order valence-corrected chi connectivity index (χ0v) is 8.74. The van der Waals surface area contributed by atoms with Gasteiger partial charge < -0.3 is 10.4 Å². The highest BCUT2D eigenvalue weighted by Gasteiger charge is 2.31. The van der Waals surface area contributed by atoms with Crippen molar-refractivity contribution in [2.24, 2.45) is 11.8 Å². The number of carbonyl (C=O) groups is 2. The molecule has 0 heterocycles. The van der Waals surface area contributed by atoms with E-state index in [1.165, 1.54) is 12.8 Å². The molecule has 1 amide bonds. The maximum absolute atomic E-state index is 11.5. The van der Waals surface area contributed by atoms with Gasteiger partial charge in [-0.2, -0.15) is 0 Å². The van der Waals surface area contributed by atoms with Gasteiger partial charge in [-0.3, -0.25) is 9.59 Å². The zero-order valence-electron chi connectivity index (χ0n) is 8.74. The Bertz CT molecular complexity index is 273. The summed E-state index contributed by atoms with van der Waals surface area (Å²) >= 11 is 0. The first kappa shape index (κ1) is 10.5. The van der Waals surface area contributed by atoms with Crippen LogP contribution in [0.2, 0.25) is 0 Å². The smallest absolute Gasteiger partial charge is 0.306 e. The molecule has 2 aliphatic rings. The molecule has 0 aromatic heterocycles. The number of carboxylic acid groups (broad SMARTS) is 1. The van der Waals surface area contributed by atoms with Gasteiger partial charge in [0, 0.05) is 12.5 Å². The van der Waals surface area contributed by atoms with Gasteiger partial charge in [0.2, 0.25) is 5.91 Å². The number of hydrogen-bond acceptors (Lipinski definition) is 2. The number of nitrogens with one attached hydrogen (secondary N) is 1. The molecule has 0 aromatic rings. The van der Waals surface area contributed by atoms with Crippen molar-refractivity contribution in [1.82, 2.24) is 5.32 Å². The Morgan fingerprint density at radius 1 is 1.20 bits per heavy atom. The first-order valence-electron chi connectivity index (χ1n) is 5.67. The Balaban J connectivity index is 1.71. The van der Waals surface area contributed by atoms with Crippen LogP contribution in [0.5, 0.6) is 0 Å². The van der Waals surface area contributed by atoms with Gasteiger partial charge >= 0.3 is 5.97 Å². The summed E-state index contributed by atoms with van der Waals surface area (Å²) < 4.78 is 0. The lowest BCUT2D eigenvalue weighted by molar-refractivity contribution is -0.141. The second-order valence-corrected chi connectivity index (χ2v) is 4.76. The fraction of sp³-hybridized carbons (Fsp3) is 0.818. The third kappa shape index (κ3) is 2.94. The summed E-state index contributed by atoms with van der Waals surface area (Å²) in [5, 5.41) is 11.7. The molecule has 4 heteroatoms. The topological polar surface area (TPSA) is 66.4 Å². The lowest BCUT2D eigenvalue weighted by Crippen LogP contribution is -2.33. The van der Waals surface area contributed by atoms with E-state index in [4.69, 9.17) is 5.11 Å². The molecule has 0 aliphatic heterocycles. The molecular formula is C11H17NO3. The van der Waals surface area contributed by atoms with Gasteiger partial charge in [-0.25, -0.2) is 0 Å². The summed E-state index contributed by atoms with van der Waals surface area (Å²) in [6.45, 7) is 0. The van der Waals surface area contributed by atoms with Gasteiger partial charge in [0.25, 0.3) is 0 Å². The van der Waals surface area contributed by atoms with Crippen LogP contribution < -0.4 is 5.32 Å². The summed E-state index contributed by atoms with van der Waals surface area (Å²) in [6.07, 6.45) is 5.10. The molecule has 2 N–H and O–H groups in total. The number of amides is 1. The van der Waals surface area contributed by atoms with Crippen molar-refractivity contribution in [1.29, 1.82) is 0 Å². The van der Waals surface area contributed by atoms with Gasteiger partial charge in [0.15, 0.2) is 0 Å². The number of carboxylic acids is 1. The van der Waals surface area contributed by atoms with E-state index in [1.54, 1.807) is 0 Å². The second kappa shape index (κ2) is 4.21. The maximum atomic E-state index is 11.5. The van der Waals surface area contributed by atoms with E-state index in [-0.39, 0.29) is 17.9 Å². The quantitative estimate of drug-likeness (QED) is 0.733. The second-order valence-electron chi connectivity index (χ2n) is 4.76. The van der Waals surface area contributed by atoms with Crippen LogP contribution in [-0.2, 0) is 9.59 Å². The summed E-state index contributed by atoms with van der Waals surface area (Å²) in [4.78, 5) is 22.2. The minimum Gasteiger partial charge on any atom is -0.481 e. The average Bonchev–Trinajstić information content (AvgIpc) is 2.82. The van der Waals surface area contributed by atoms with E-state index in [0.717, 1.165) is 6.42 Å². The van der Waals surface area contributed by atoms with E-state index in [0.29, 0.717) is 25.2 Å². The summed E-state index contributed by atoms with van der Waals surface area (Å²) in [5.74, 6) is -0.277. The molecule has 4 nitrogen and oxygen atoms in total. The lowest BCUT2D eigenvalue weighted by atomic mass is 10.1. The molecule has 2 rings (SSSR count). The number of hydrogen-bond donors (Lipinski definition) is 2. The molecule has 84 valence electrons. The number of aliphatic carboxylic acids is 1. The van der Waals surface area contributed by atoms with Gasteiger partial charge in [-0.15, -0.1) is 0 Å². The van der Waals surface area contributed by atoms with Crippen molar-refractivity contribution in [3.8, 4) is 0 Å². The van der Waals surface area contributed by atoms with Crippen LogP contribution in [0.15, 0.2) is 0 Å². The third-order valence-electron chi connectivity index (χ3n) is 3.32.